The third kappa shape index (κ3) is 5.24. The topological polar surface area (TPSA) is 96.6 Å². The molecule has 0 saturated heterocycles. The highest BCUT2D eigenvalue weighted by atomic mass is 127. The van der Waals surface area contributed by atoms with E-state index in [1.165, 1.54) is 7.11 Å². The molecule has 1 aromatic carbocycles. The summed E-state index contributed by atoms with van der Waals surface area (Å²) in [6.45, 7) is 5.83. The highest BCUT2D eigenvalue weighted by Gasteiger charge is 2.21. The molecule has 1 aliphatic heterocycles. The Morgan fingerprint density at radius 1 is 1.44 bits per heavy atom. The molecule has 2 heterocycles. The number of hydrogen-bond donors (Lipinski definition) is 3. The molecule has 1 aromatic heterocycles. The number of rotatable bonds is 5. The number of guanidine groups is 1. The average Bonchev–Trinajstić information content (AvgIpc) is 3.00. The van der Waals surface area contributed by atoms with Gasteiger partial charge in [0.1, 0.15) is 11.6 Å². The maximum Gasteiger partial charge on any atom is 0.191 e. The van der Waals surface area contributed by atoms with Crippen molar-refractivity contribution in [3.05, 3.63) is 35.4 Å². The van der Waals surface area contributed by atoms with Gasteiger partial charge in [-0.15, -0.1) is 24.0 Å². The van der Waals surface area contributed by atoms with E-state index in [4.69, 9.17) is 4.74 Å². The summed E-state index contributed by atoms with van der Waals surface area (Å²) >= 11 is 0. The maximum absolute atomic E-state index is 10.2. The van der Waals surface area contributed by atoms with Crippen LogP contribution in [0.25, 0.3) is 0 Å². The van der Waals surface area contributed by atoms with Crippen LogP contribution in [0.1, 0.15) is 30.6 Å². The van der Waals surface area contributed by atoms with Gasteiger partial charge >= 0.3 is 0 Å². The zero-order chi connectivity index (χ0) is 18.5. The number of aliphatic imine (C=N–C) groups is 1. The summed E-state index contributed by atoms with van der Waals surface area (Å²) in [4.78, 5) is 9.05. The Hall–Kier alpha value is -2.04. The predicted octanol–water partition coefficient (Wildman–Crippen LogP) is 1.99. The second kappa shape index (κ2) is 9.77. The van der Waals surface area contributed by atoms with Crippen LogP contribution in [-0.4, -0.2) is 45.5 Å². The van der Waals surface area contributed by atoms with Crippen LogP contribution in [0.15, 0.2) is 23.2 Å². The number of halogens is 1. The minimum atomic E-state index is 0. The highest BCUT2D eigenvalue weighted by molar-refractivity contribution is 14.0. The number of aromatic hydroxyl groups is 1. The van der Waals surface area contributed by atoms with Crippen molar-refractivity contribution in [3.63, 3.8) is 0 Å². The minimum absolute atomic E-state index is 0. The normalized spacial score (nSPS) is 16.3. The molecule has 0 saturated carbocycles. The van der Waals surface area contributed by atoms with E-state index in [9.17, 15) is 5.11 Å². The third-order valence-corrected chi connectivity index (χ3v) is 4.36. The number of aryl methyl sites for hydroxylation is 2. The third-order valence-electron chi connectivity index (χ3n) is 4.36. The largest absolute Gasteiger partial charge is 0.504 e. The summed E-state index contributed by atoms with van der Waals surface area (Å²) in [5.41, 5.74) is 0.722. The summed E-state index contributed by atoms with van der Waals surface area (Å²) in [6, 6.07) is 5.65. The lowest BCUT2D eigenvalue weighted by molar-refractivity contribution is 0.370. The first-order chi connectivity index (χ1) is 12.6. The van der Waals surface area contributed by atoms with Gasteiger partial charge in [-0.3, -0.25) is 0 Å². The van der Waals surface area contributed by atoms with Crippen LogP contribution in [0.3, 0.4) is 0 Å². The molecule has 0 fully saturated rings. The van der Waals surface area contributed by atoms with Gasteiger partial charge in [-0.25, -0.2) is 14.7 Å². The summed E-state index contributed by atoms with van der Waals surface area (Å²) in [5, 5.41) is 21.4. The average molecular weight is 486 g/mol. The van der Waals surface area contributed by atoms with Crippen LogP contribution >= 0.6 is 24.0 Å². The Balaban J connectivity index is 0.00000261. The van der Waals surface area contributed by atoms with Gasteiger partial charge in [0.05, 0.1) is 20.2 Å². The Morgan fingerprint density at radius 2 is 2.26 bits per heavy atom. The first kappa shape index (κ1) is 21.3. The standard InChI is InChI=1S/C18H26N6O2.HI/c1-4-19-18(20-10-13-6-5-7-15(26-3)17(13)25)22-14-8-9-16-21-12(2)23-24(16)11-14;/h5-7,14,25H,4,8-11H2,1-3H3,(H2,19,20,22);1H. The van der Waals surface area contributed by atoms with Crippen molar-refractivity contribution < 1.29 is 9.84 Å². The van der Waals surface area contributed by atoms with Gasteiger partial charge in [0.15, 0.2) is 17.5 Å². The molecule has 1 atom stereocenters. The van der Waals surface area contributed by atoms with E-state index in [1.807, 2.05) is 30.7 Å². The van der Waals surface area contributed by atoms with Gasteiger partial charge in [-0.05, 0) is 26.3 Å². The molecule has 0 aliphatic carbocycles. The molecule has 0 spiro atoms. The summed E-state index contributed by atoms with van der Waals surface area (Å²) in [5.74, 6) is 3.17. The fourth-order valence-electron chi connectivity index (χ4n) is 3.09. The lowest BCUT2D eigenvalue weighted by Gasteiger charge is -2.25. The van der Waals surface area contributed by atoms with Gasteiger partial charge in [0.25, 0.3) is 0 Å². The predicted molar refractivity (Wildman–Crippen MR) is 115 cm³/mol. The maximum atomic E-state index is 10.2. The van der Waals surface area contributed by atoms with Gasteiger partial charge < -0.3 is 20.5 Å². The van der Waals surface area contributed by atoms with Crippen molar-refractivity contribution in [1.82, 2.24) is 25.4 Å². The Morgan fingerprint density at radius 3 is 3.00 bits per heavy atom. The van der Waals surface area contributed by atoms with Crippen LogP contribution < -0.4 is 15.4 Å². The Kier molecular flexibility index (Phi) is 7.69. The molecule has 0 radical (unpaired) electrons. The van der Waals surface area contributed by atoms with Crippen molar-refractivity contribution in [1.29, 1.82) is 0 Å². The molecule has 0 amide bonds. The molecule has 8 nitrogen and oxygen atoms in total. The quantitative estimate of drug-likeness (QED) is 0.340. The molecule has 3 N–H and O–H groups in total. The molecule has 27 heavy (non-hydrogen) atoms. The van der Waals surface area contributed by atoms with Crippen LogP contribution in [0.2, 0.25) is 0 Å². The number of benzene rings is 1. The van der Waals surface area contributed by atoms with E-state index in [1.54, 1.807) is 6.07 Å². The van der Waals surface area contributed by atoms with Crippen LogP contribution in [0, 0.1) is 6.92 Å². The lowest BCUT2D eigenvalue weighted by atomic mass is 10.1. The van der Waals surface area contributed by atoms with Crippen LogP contribution in [-0.2, 0) is 19.5 Å². The number of hydrogen-bond acceptors (Lipinski definition) is 5. The molecule has 1 aliphatic rings. The first-order valence-electron chi connectivity index (χ1n) is 8.90. The second-order valence-corrected chi connectivity index (χ2v) is 6.30. The van der Waals surface area contributed by atoms with E-state index in [2.05, 4.69) is 25.7 Å². The van der Waals surface area contributed by atoms with E-state index in [-0.39, 0.29) is 35.8 Å². The zero-order valence-corrected chi connectivity index (χ0v) is 18.2. The van der Waals surface area contributed by atoms with Crippen LogP contribution in [0.5, 0.6) is 11.5 Å². The number of aromatic nitrogens is 3. The highest BCUT2D eigenvalue weighted by Crippen LogP contribution is 2.29. The fraction of sp³-hybridized carbons (Fsp3) is 0.500. The summed E-state index contributed by atoms with van der Waals surface area (Å²) in [6.07, 6.45) is 1.88. The number of phenolic OH excluding ortho intramolecular Hbond substituents is 1. The number of nitrogens with zero attached hydrogens (tertiary/aromatic N) is 4. The van der Waals surface area contributed by atoms with Crippen molar-refractivity contribution in [2.75, 3.05) is 13.7 Å². The molecule has 3 rings (SSSR count). The first-order valence-corrected chi connectivity index (χ1v) is 8.90. The van der Waals surface area contributed by atoms with Crippen molar-refractivity contribution >= 4 is 29.9 Å². The molecular formula is C18H27IN6O2. The van der Waals surface area contributed by atoms with E-state index < -0.39 is 0 Å². The van der Waals surface area contributed by atoms with Crippen molar-refractivity contribution in [2.45, 2.75) is 45.8 Å². The molecule has 9 heteroatoms. The van der Waals surface area contributed by atoms with Gasteiger partial charge in [0.2, 0.25) is 0 Å². The fourth-order valence-corrected chi connectivity index (χ4v) is 3.09. The zero-order valence-electron chi connectivity index (χ0n) is 15.9. The number of ether oxygens (including phenoxy) is 1. The SMILES string of the molecule is CCNC(=NCc1cccc(OC)c1O)NC1CCc2nc(C)nn2C1.I. The number of methoxy groups -OCH3 is 1. The van der Waals surface area contributed by atoms with Crippen molar-refractivity contribution in [3.8, 4) is 11.5 Å². The van der Waals surface area contributed by atoms with Crippen molar-refractivity contribution in [2.24, 2.45) is 4.99 Å². The van der Waals surface area contributed by atoms with Gasteiger partial charge in [-0.1, -0.05) is 12.1 Å². The van der Waals surface area contributed by atoms with Crippen LogP contribution in [0.4, 0.5) is 0 Å². The summed E-state index contributed by atoms with van der Waals surface area (Å²) in [7, 11) is 1.54. The molecule has 148 valence electrons. The molecule has 0 bridgehead atoms. The summed E-state index contributed by atoms with van der Waals surface area (Å²) < 4.78 is 7.12. The monoisotopic (exact) mass is 486 g/mol. The van der Waals surface area contributed by atoms with E-state index in [0.29, 0.717) is 12.3 Å². The Bertz CT molecular complexity index is 792. The van der Waals surface area contributed by atoms with Gasteiger partial charge in [-0.2, -0.15) is 5.10 Å². The molecule has 1 unspecified atom stereocenters. The van der Waals surface area contributed by atoms with E-state index in [0.717, 1.165) is 49.1 Å². The Labute approximate surface area is 176 Å². The number of fused-ring (bicyclic) bond motifs is 1. The minimum Gasteiger partial charge on any atom is -0.504 e. The number of para-hydroxylation sites is 1. The number of phenols is 1. The second-order valence-electron chi connectivity index (χ2n) is 6.30. The smallest absolute Gasteiger partial charge is 0.191 e. The molecular weight excluding hydrogens is 459 g/mol. The molecule has 2 aromatic rings. The van der Waals surface area contributed by atoms with Gasteiger partial charge in [0, 0.05) is 24.6 Å². The van der Waals surface area contributed by atoms with E-state index >= 15 is 0 Å². The lowest BCUT2D eigenvalue weighted by Crippen LogP contribution is -2.47. The number of nitrogens with one attached hydrogen (secondary N) is 2.